The summed E-state index contributed by atoms with van der Waals surface area (Å²) in [5.41, 5.74) is 9.96. The number of amides is 1. The third-order valence-corrected chi connectivity index (χ3v) is 6.28. The lowest BCUT2D eigenvalue weighted by Gasteiger charge is -2.19. The van der Waals surface area contributed by atoms with Gasteiger partial charge in [-0.05, 0) is 75.4 Å². The van der Waals surface area contributed by atoms with Crippen LogP contribution in [0.3, 0.4) is 0 Å². The summed E-state index contributed by atoms with van der Waals surface area (Å²) in [6.45, 7) is 10.6. The van der Waals surface area contributed by atoms with Gasteiger partial charge in [0.1, 0.15) is 0 Å². The Morgan fingerprint density at radius 2 is 1.40 bits per heavy atom. The van der Waals surface area contributed by atoms with Crippen molar-refractivity contribution in [1.82, 2.24) is 10.0 Å². The van der Waals surface area contributed by atoms with E-state index in [1.54, 1.807) is 0 Å². The summed E-state index contributed by atoms with van der Waals surface area (Å²) in [5.74, 6) is -0.184. The van der Waals surface area contributed by atoms with Crippen LogP contribution in [0.4, 0.5) is 0 Å². The molecule has 25 heavy (non-hydrogen) atoms. The van der Waals surface area contributed by atoms with Crippen LogP contribution in [0.5, 0.6) is 0 Å². The zero-order chi connectivity index (χ0) is 18.5. The standard InChI is InChI=1S/C17H29N3O3S.ClH/c1-11-12(2)14(4)17(15(5)13(11)3)24(22,23)20-10-7-16(21)19-9-6-8-18;/h20H,6-10,18H2,1-5H3,(H,19,21);1H. The molecule has 0 saturated heterocycles. The van der Waals surface area contributed by atoms with Crippen molar-refractivity contribution in [3.8, 4) is 0 Å². The second-order valence-electron chi connectivity index (χ2n) is 6.09. The number of halogens is 1. The van der Waals surface area contributed by atoms with Gasteiger partial charge >= 0.3 is 0 Å². The topological polar surface area (TPSA) is 101 Å². The maximum absolute atomic E-state index is 12.7. The molecule has 1 rings (SSSR count). The van der Waals surface area contributed by atoms with E-state index in [-0.39, 0.29) is 31.3 Å². The number of rotatable bonds is 8. The lowest BCUT2D eigenvalue weighted by molar-refractivity contribution is -0.120. The molecule has 0 aliphatic carbocycles. The molecular formula is C17H30ClN3O3S. The highest BCUT2D eigenvalue weighted by atomic mass is 35.5. The van der Waals surface area contributed by atoms with Crippen molar-refractivity contribution in [3.63, 3.8) is 0 Å². The molecular weight excluding hydrogens is 362 g/mol. The van der Waals surface area contributed by atoms with Gasteiger partial charge in [0.15, 0.2) is 0 Å². The minimum atomic E-state index is -3.65. The first-order chi connectivity index (χ1) is 11.1. The van der Waals surface area contributed by atoms with Crippen LogP contribution < -0.4 is 15.8 Å². The molecule has 6 nitrogen and oxygen atoms in total. The van der Waals surface area contributed by atoms with Crippen molar-refractivity contribution in [2.75, 3.05) is 19.6 Å². The van der Waals surface area contributed by atoms with Gasteiger partial charge in [-0.1, -0.05) is 0 Å². The van der Waals surface area contributed by atoms with Crippen molar-refractivity contribution in [2.45, 2.75) is 52.4 Å². The van der Waals surface area contributed by atoms with Gasteiger partial charge in [-0.25, -0.2) is 13.1 Å². The normalized spacial score (nSPS) is 11.1. The zero-order valence-corrected chi connectivity index (χ0v) is 17.3. The fourth-order valence-corrected chi connectivity index (χ4v) is 4.29. The summed E-state index contributed by atoms with van der Waals surface area (Å²) in [5, 5.41) is 2.70. The summed E-state index contributed by atoms with van der Waals surface area (Å²) in [6, 6.07) is 0. The van der Waals surface area contributed by atoms with E-state index >= 15 is 0 Å². The van der Waals surface area contributed by atoms with Crippen molar-refractivity contribution >= 4 is 28.3 Å². The SMILES string of the molecule is Cc1c(C)c(C)c(S(=O)(=O)NCCC(=O)NCCCN)c(C)c1C.Cl. The van der Waals surface area contributed by atoms with Crippen LogP contribution in [0.1, 0.15) is 40.7 Å². The first-order valence-corrected chi connectivity index (χ1v) is 9.65. The fourth-order valence-electron chi connectivity index (χ4n) is 2.66. The number of benzene rings is 1. The predicted molar refractivity (Wildman–Crippen MR) is 104 cm³/mol. The third-order valence-electron chi connectivity index (χ3n) is 4.55. The molecule has 0 aliphatic heterocycles. The van der Waals surface area contributed by atoms with E-state index in [1.807, 2.05) is 34.6 Å². The maximum Gasteiger partial charge on any atom is 0.241 e. The quantitative estimate of drug-likeness (QED) is 0.588. The van der Waals surface area contributed by atoms with E-state index in [1.165, 1.54) is 0 Å². The fraction of sp³-hybridized carbons (Fsp3) is 0.588. The average Bonchev–Trinajstić information content (AvgIpc) is 2.51. The molecule has 0 unspecified atom stereocenters. The molecule has 1 aromatic rings. The number of sulfonamides is 1. The van der Waals surface area contributed by atoms with Crippen LogP contribution in [0.25, 0.3) is 0 Å². The molecule has 8 heteroatoms. The van der Waals surface area contributed by atoms with Gasteiger partial charge in [0.05, 0.1) is 4.90 Å². The van der Waals surface area contributed by atoms with Crippen LogP contribution in [0.2, 0.25) is 0 Å². The van der Waals surface area contributed by atoms with Crippen molar-refractivity contribution < 1.29 is 13.2 Å². The van der Waals surface area contributed by atoms with E-state index in [0.717, 1.165) is 27.8 Å². The Labute approximate surface area is 157 Å². The van der Waals surface area contributed by atoms with Crippen molar-refractivity contribution in [3.05, 3.63) is 27.8 Å². The molecule has 0 atom stereocenters. The summed E-state index contributed by atoms with van der Waals surface area (Å²) in [7, 11) is -3.65. The highest BCUT2D eigenvalue weighted by molar-refractivity contribution is 7.89. The Morgan fingerprint density at radius 3 is 1.88 bits per heavy atom. The summed E-state index contributed by atoms with van der Waals surface area (Å²) < 4.78 is 27.9. The Kier molecular flexibility index (Phi) is 9.64. The molecule has 0 aliphatic rings. The molecule has 0 fully saturated rings. The lowest BCUT2D eigenvalue weighted by Crippen LogP contribution is -2.32. The molecule has 0 saturated carbocycles. The van der Waals surface area contributed by atoms with E-state index in [9.17, 15) is 13.2 Å². The molecule has 4 N–H and O–H groups in total. The highest BCUT2D eigenvalue weighted by Crippen LogP contribution is 2.29. The van der Waals surface area contributed by atoms with Crippen molar-refractivity contribution in [1.29, 1.82) is 0 Å². The van der Waals surface area contributed by atoms with Gasteiger partial charge in [0.25, 0.3) is 0 Å². The average molecular weight is 392 g/mol. The van der Waals surface area contributed by atoms with E-state index in [2.05, 4.69) is 10.0 Å². The minimum absolute atomic E-state index is 0. The summed E-state index contributed by atoms with van der Waals surface area (Å²) >= 11 is 0. The number of nitrogens with one attached hydrogen (secondary N) is 2. The van der Waals surface area contributed by atoms with Gasteiger partial charge in [-0.15, -0.1) is 12.4 Å². The molecule has 1 amide bonds. The Morgan fingerprint density at radius 1 is 0.920 bits per heavy atom. The summed E-state index contributed by atoms with van der Waals surface area (Å²) in [6.07, 6.45) is 0.809. The third kappa shape index (κ3) is 5.95. The first kappa shape index (κ1) is 23.9. The molecule has 0 spiro atoms. The smallest absolute Gasteiger partial charge is 0.241 e. The largest absolute Gasteiger partial charge is 0.356 e. The number of hydrogen-bond donors (Lipinski definition) is 3. The van der Waals surface area contributed by atoms with Gasteiger partial charge in [-0.3, -0.25) is 4.79 Å². The Hall–Kier alpha value is -1.15. The second-order valence-corrected chi connectivity index (χ2v) is 7.80. The molecule has 144 valence electrons. The minimum Gasteiger partial charge on any atom is -0.356 e. The van der Waals surface area contributed by atoms with Crippen LogP contribution in [0, 0.1) is 34.6 Å². The van der Waals surface area contributed by atoms with Crippen LogP contribution in [-0.2, 0) is 14.8 Å². The van der Waals surface area contributed by atoms with Gasteiger partial charge in [0, 0.05) is 19.5 Å². The van der Waals surface area contributed by atoms with Crippen molar-refractivity contribution in [2.24, 2.45) is 5.73 Å². The second kappa shape index (κ2) is 10.1. The number of hydrogen-bond acceptors (Lipinski definition) is 4. The number of nitrogens with two attached hydrogens (primary N) is 1. The maximum atomic E-state index is 12.7. The van der Waals surface area contributed by atoms with Crippen LogP contribution in [0.15, 0.2) is 4.90 Å². The monoisotopic (exact) mass is 391 g/mol. The van der Waals surface area contributed by atoms with E-state index < -0.39 is 10.0 Å². The van der Waals surface area contributed by atoms with Gasteiger partial charge in [-0.2, -0.15) is 0 Å². The highest BCUT2D eigenvalue weighted by Gasteiger charge is 2.23. The van der Waals surface area contributed by atoms with Gasteiger partial charge < -0.3 is 11.1 Å². The molecule has 0 aromatic heterocycles. The van der Waals surface area contributed by atoms with Crippen LogP contribution in [-0.4, -0.2) is 34.0 Å². The van der Waals surface area contributed by atoms with Crippen LogP contribution >= 0.6 is 12.4 Å². The summed E-state index contributed by atoms with van der Waals surface area (Å²) in [4.78, 5) is 12.0. The number of carbonyl (C=O) groups is 1. The Balaban J connectivity index is 0.00000576. The molecule has 0 heterocycles. The van der Waals surface area contributed by atoms with E-state index in [0.29, 0.717) is 24.4 Å². The predicted octanol–water partition coefficient (Wildman–Crippen LogP) is 1.78. The Bertz CT molecular complexity index is 689. The number of carbonyl (C=O) groups excluding carboxylic acids is 1. The van der Waals surface area contributed by atoms with E-state index in [4.69, 9.17) is 5.73 Å². The molecule has 1 aromatic carbocycles. The molecule has 0 radical (unpaired) electrons. The molecule has 0 bridgehead atoms. The first-order valence-electron chi connectivity index (χ1n) is 8.16. The zero-order valence-electron chi connectivity index (χ0n) is 15.7. The van der Waals surface area contributed by atoms with Gasteiger partial charge in [0.2, 0.25) is 15.9 Å². The lowest BCUT2D eigenvalue weighted by atomic mass is 9.95.